The lowest BCUT2D eigenvalue weighted by atomic mass is 10.2. The second-order valence-corrected chi connectivity index (χ2v) is 7.91. The summed E-state index contributed by atoms with van der Waals surface area (Å²) in [6.45, 7) is 1.07. The number of sulfonamides is 1. The second-order valence-electron chi connectivity index (χ2n) is 5.60. The number of ether oxygens (including phenoxy) is 1. The van der Waals surface area contributed by atoms with Gasteiger partial charge in [-0.1, -0.05) is 23.7 Å². The molecule has 3 rings (SSSR count). The number of morpholine rings is 1. The standard InChI is InChI=1S/C17H16ClFN2O4S/c18-14-11-12(5-6-15(14)19)20-17(22)13-3-1-2-4-16(13)26(23,24)21-7-9-25-10-8-21/h1-6,11H,7-10H2,(H,20,22). The Labute approximate surface area is 155 Å². The first-order chi connectivity index (χ1) is 12.4. The van der Waals surface area contributed by atoms with E-state index in [1.807, 2.05) is 0 Å². The van der Waals surface area contributed by atoms with Gasteiger partial charge in [0, 0.05) is 18.8 Å². The van der Waals surface area contributed by atoms with E-state index in [1.165, 1.54) is 28.6 Å². The lowest BCUT2D eigenvalue weighted by molar-refractivity contribution is 0.0730. The van der Waals surface area contributed by atoms with Crippen LogP contribution >= 0.6 is 11.6 Å². The third kappa shape index (κ3) is 3.88. The molecular weight excluding hydrogens is 383 g/mol. The van der Waals surface area contributed by atoms with Crippen molar-refractivity contribution in [1.82, 2.24) is 4.31 Å². The summed E-state index contributed by atoms with van der Waals surface area (Å²) in [4.78, 5) is 12.5. The van der Waals surface area contributed by atoms with Gasteiger partial charge in [-0.05, 0) is 30.3 Å². The van der Waals surface area contributed by atoms with Crippen LogP contribution in [0.2, 0.25) is 5.02 Å². The Bertz CT molecular complexity index is 930. The predicted octanol–water partition coefficient (Wildman–Crippen LogP) is 2.75. The Kier molecular flexibility index (Phi) is 5.57. The number of nitrogens with zero attached hydrogens (tertiary/aromatic N) is 1. The number of halogens is 2. The zero-order valence-electron chi connectivity index (χ0n) is 13.6. The van der Waals surface area contributed by atoms with Crippen molar-refractivity contribution in [2.75, 3.05) is 31.6 Å². The molecule has 0 aromatic heterocycles. The molecule has 9 heteroatoms. The van der Waals surface area contributed by atoms with Gasteiger partial charge in [-0.2, -0.15) is 4.31 Å². The molecule has 26 heavy (non-hydrogen) atoms. The van der Waals surface area contributed by atoms with E-state index < -0.39 is 21.7 Å². The SMILES string of the molecule is O=C(Nc1ccc(F)c(Cl)c1)c1ccccc1S(=O)(=O)N1CCOCC1. The monoisotopic (exact) mass is 398 g/mol. The molecule has 1 fully saturated rings. The minimum absolute atomic E-state index is 0.000519. The van der Waals surface area contributed by atoms with E-state index >= 15 is 0 Å². The molecule has 1 saturated heterocycles. The number of hydrogen-bond donors (Lipinski definition) is 1. The van der Waals surface area contributed by atoms with Crippen LogP contribution in [0, 0.1) is 5.82 Å². The zero-order valence-corrected chi connectivity index (χ0v) is 15.2. The lowest BCUT2D eigenvalue weighted by Gasteiger charge is -2.26. The average Bonchev–Trinajstić information content (AvgIpc) is 2.65. The Hall–Kier alpha value is -2.00. The molecule has 1 aliphatic heterocycles. The molecule has 0 saturated carbocycles. The molecule has 0 unspecified atom stereocenters. The highest BCUT2D eigenvalue weighted by Gasteiger charge is 2.30. The van der Waals surface area contributed by atoms with Gasteiger partial charge >= 0.3 is 0 Å². The molecule has 2 aromatic carbocycles. The summed E-state index contributed by atoms with van der Waals surface area (Å²) in [5.74, 6) is -1.24. The summed E-state index contributed by atoms with van der Waals surface area (Å²) in [6.07, 6.45) is 0. The smallest absolute Gasteiger partial charge is 0.257 e. The zero-order chi connectivity index (χ0) is 18.7. The third-order valence-electron chi connectivity index (χ3n) is 3.90. The fourth-order valence-electron chi connectivity index (χ4n) is 2.58. The van der Waals surface area contributed by atoms with Gasteiger partial charge in [-0.3, -0.25) is 4.79 Å². The van der Waals surface area contributed by atoms with Crippen LogP contribution in [-0.4, -0.2) is 44.9 Å². The molecule has 1 amide bonds. The maximum Gasteiger partial charge on any atom is 0.257 e. The molecule has 1 aliphatic rings. The van der Waals surface area contributed by atoms with Crippen LogP contribution in [0.25, 0.3) is 0 Å². The van der Waals surface area contributed by atoms with Crippen LogP contribution in [0.5, 0.6) is 0 Å². The molecule has 2 aromatic rings. The van der Waals surface area contributed by atoms with E-state index in [-0.39, 0.29) is 34.3 Å². The van der Waals surface area contributed by atoms with Gasteiger partial charge < -0.3 is 10.1 Å². The maximum atomic E-state index is 13.2. The molecule has 0 spiro atoms. The van der Waals surface area contributed by atoms with Gasteiger partial charge in [-0.15, -0.1) is 0 Å². The van der Waals surface area contributed by atoms with Crippen molar-refractivity contribution in [2.24, 2.45) is 0 Å². The van der Waals surface area contributed by atoms with Crippen molar-refractivity contribution >= 4 is 33.2 Å². The Balaban J connectivity index is 1.91. The van der Waals surface area contributed by atoms with Crippen molar-refractivity contribution in [2.45, 2.75) is 4.90 Å². The molecule has 0 radical (unpaired) electrons. The highest BCUT2D eigenvalue weighted by molar-refractivity contribution is 7.89. The normalized spacial score (nSPS) is 15.6. The maximum absolute atomic E-state index is 13.2. The first-order valence-corrected chi connectivity index (χ1v) is 9.65. The van der Waals surface area contributed by atoms with Crippen LogP contribution < -0.4 is 5.32 Å². The van der Waals surface area contributed by atoms with E-state index in [9.17, 15) is 17.6 Å². The van der Waals surface area contributed by atoms with Gasteiger partial charge in [0.2, 0.25) is 10.0 Å². The van der Waals surface area contributed by atoms with Crippen LogP contribution in [0.4, 0.5) is 10.1 Å². The van der Waals surface area contributed by atoms with E-state index in [2.05, 4.69) is 5.32 Å². The van der Waals surface area contributed by atoms with Crippen molar-refractivity contribution < 1.29 is 22.3 Å². The van der Waals surface area contributed by atoms with Crippen LogP contribution in [-0.2, 0) is 14.8 Å². The third-order valence-corrected chi connectivity index (χ3v) is 6.14. The first-order valence-electron chi connectivity index (χ1n) is 7.83. The molecule has 6 nitrogen and oxygen atoms in total. The summed E-state index contributed by atoms with van der Waals surface area (Å²) >= 11 is 5.71. The summed E-state index contributed by atoms with van der Waals surface area (Å²) in [6, 6.07) is 9.66. The highest BCUT2D eigenvalue weighted by Crippen LogP contribution is 2.24. The van der Waals surface area contributed by atoms with Crippen molar-refractivity contribution in [3.05, 3.63) is 58.9 Å². The molecule has 138 valence electrons. The topological polar surface area (TPSA) is 75.7 Å². The fourth-order valence-corrected chi connectivity index (χ4v) is 4.36. The van der Waals surface area contributed by atoms with Crippen LogP contribution in [0.1, 0.15) is 10.4 Å². The first kappa shape index (κ1) is 18.8. The molecule has 0 atom stereocenters. The Morgan fingerprint density at radius 1 is 1.15 bits per heavy atom. The minimum Gasteiger partial charge on any atom is -0.379 e. The quantitative estimate of drug-likeness (QED) is 0.859. The second kappa shape index (κ2) is 7.71. The van der Waals surface area contributed by atoms with Crippen LogP contribution in [0.15, 0.2) is 47.4 Å². The lowest BCUT2D eigenvalue weighted by Crippen LogP contribution is -2.41. The number of carbonyl (C=O) groups is 1. The molecule has 1 N–H and O–H groups in total. The van der Waals surface area contributed by atoms with E-state index in [4.69, 9.17) is 16.3 Å². The molecule has 0 bridgehead atoms. The highest BCUT2D eigenvalue weighted by atomic mass is 35.5. The van der Waals surface area contributed by atoms with Crippen molar-refractivity contribution in [1.29, 1.82) is 0 Å². The predicted molar refractivity (Wildman–Crippen MR) is 95.4 cm³/mol. The molecular formula is C17H16ClFN2O4S. The number of benzene rings is 2. The number of carbonyl (C=O) groups excluding carboxylic acids is 1. The van der Waals surface area contributed by atoms with Gasteiger partial charge in [0.25, 0.3) is 5.91 Å². The largest absolute Gasteiger partial charge is 0.379 e. The number of amides is 1. The summed E-state index contributed by atoms with van der Waals surface area (Å²) in [5.41, 5.74) is 0.263. The minimum atomic E-state index is -3.84. The Morgan fingerprint density at radius 3 is 2.54 bits per heavy atom. The Morgan fingerprint density at radius 2 is 1.85 bits per heavy atom. The molecule has 1 heterocycles. The van der Waals surface area contributed by atoms with Gasteiger partial charge in [0.15, 0.2) is 0 Å². The number of nitrogens with one attached hydrogen (secondary N) is 1. The van der Waals surface area contributed by atoms with E-state index in [1.54, 1.807) is 12.1 Å². The van der Waals surface area contributed by atoms with E-state index in [0.717, 1.165) is 6.07 Å². The number of anilines is 1. The van der Waals surface area contributed by atoms with Crippen molar-refractivity contribution in [3.8, 4) is 0 Å². The van der Waals surface area contributed by atoms with Gasteiger partial charge in [-0.25, -0.2) is 12.8 Å². The molecule has 0 aliphatic carbocycles. The average molecular weight is 399 g/mol. The summed E-state index contributed by atoms with van der Waals surface area (Å²) in [7, 11) is -3.84. The van der Waals surface area contributed by atoms with Crippen LogP contribution in [0.3, 0.4) is 0 Å². The number of rotatable bonds is 4. The van der Waals surface area contributed by atoms with E-state index in [0.29, 0.717) is 13.2 Å². The fraction of sp³-hybridized carbons (Fsp3) is 0.235. The number of hydrogen-bond acceptors (Lipinski definition) is 4. The van der Waals surface area contributed by atoms with Gasteiger partial charge in [0.1, 0.15) is 5.82 Å². The van der Waals surface area contributed by atoms with Crippen molar-refractivity contribution in [3.63, 3.8) is 0 Å². The summed E-state index contributed by atoms with van der Waals surface area (Å²) < 4.78 is 45.5. The summed E-state index contributed by atoms with van der Waals surface area (Å²) in [5, 5.41) is 2.40. The van der Waals surface area contributed by atoms with Gasteiger partial charge in [0.05, 0.1) is 28.7 Å².